The molecule has 0 spiro atoms. The summed E-state index contributed by atoms with van der Waals surface area (Å²) in [5.41, 5.74) is 2.74. The van der Waals surface area contributed by atoms with Crippen LogP contribution >= 0.6 is 0 Å². The highest BCUT2D eigenvalue weighted by Crippen LogP contribution is 2.27. The lowest BCUT2D eigenvalue weighted by molar-refractivity contribution is -0.115. The third-order valence-electron chi connectivity index (χ3n) is 3.64. The van der Waals surface area contributed by atoms with Gasteiger partial charge < -0.3 is 10.1 Å². The monoisotopic (exact) mass is 317 g/mol. The molecule has 0 fully saturated rings. The second-order valence-electron chi connectivity index (χ2n) is 5.61. The summed E-state index contributed by atoms with van der Waals surface area (Å²) in [6.45, 7) is 1.96. The summed E-state index contributed by atoms with van der Waals surface area (Å²) in [6.07, 6.45) is 0.363. The highest BCUT2D eigenvalue weighted by Gasteiger charge is 2.07. The normalized spacial score (nSPS) is 10.2. The standard InChI is InChI=1S/C21H19NO2/c1-16-14-18(22-21(23)15-17-8-4-2-5-9-17)12-13-20(16)24-19-10-6-3-7-11-19/h2-14H,15H2,1H3,(H,22,23). The van der Waals surface area contributed by atoms with Gasteiger partial charge in [0.15, 0.2) is 0 Å². The Morgan fingerprint density at radius 3 is 2.25 bits per heavy atom. The van der Waals surface area contributed by atoms with Gasteiger partial charge in [-0.15, -0.1) is 0 Å². The molecule has 0 aliphatic rings. The van der Waals surface area contributed by atoms with Gasteiger partial charge in [-0.05, 0) is 48.4 Å². The van der Waals surface area contributed by atoms with Crippen molar-refractivity contribution in [3.8, 4) is 11.5 Å². The van der Waals surface area contributed by atoms with Crippen molar-refractivity contribution in [2.75, 3.05) is 5.32 Å². The Morgan fingerprint density at radius 1 is 0.917 bits per heavy atom. The van der Waals surface area contributed by atoms with Crippen molar-refractivity contribution >= 4 is 11.6 Å². The highest BCUT2D eigenvalue weighted by molar-refractivity contribution is 5.92. The molecule has 120 valence electrons. The molecule has 0 aliphatic carbocycles. The van der Waals surface area contributed by atoms with Crippen molar-refractivity contribution in [3.05, 3.63) is 90.0 Å². The van der Waals surface area contributed by atoms with Crippen LogP contribution in [-0.4, -0.2) is 5.91 Å². The zero-order valence-electron chi connectivity index (χ0n) is 13.5. The first kappa shape index (κ1) is 15.8. The highest BCUT2D eigenvalue weighted by atomic mass is 16.5. The number of para-hydroxylation sites is 1. The lowest BCUT2D eigenvalue weighted by Gasteiger charge is -2.11. The van der Waals surface area contributed by atoms with Gasteiger partial charge in [0, 0.05) is 5.69 Å². The van der Waals surface area contributed by atoms with E-state index in [2.05, 4.69) is 5.32 Å². The predicted octanol–water partition coefficient (Wildman–Crippen LogP) is 4.97. The first-order chi connectivity index (χ1) is 11.7. The first-order valence-electron chi connectivity index (χ1n) is 7.88. The van der Waals surface area contributed by atoms with E-state index in [9.17, 15) is 4.79 Å². The molecular weight excluding hydrogens is 298 g/mol. The summed E-state index contributed by atoms with van der Waals surface area (Å²) >= 11 is 0. The van der Waals surface area contributed by atoms with Gasteiger partial charge in [-0.3, -0.25) is 4.79 Å². The van der Waals surface area contributed by atoms with Crippen molar-refractivity contribution in [3.63, 3.8) is 0 Å². The van der Waals surface area contributed by atoms with Gasteiger partial charge in [0.2, 0.25) is 5.91 Å². The topological polar surface area (TPSA) is 38.3 Å². The minimum absolute atomic E-state index is 0.0303. The predicted molar refractivity (Wildman–Crippen MR) is 96.5 cm³/mol. The molecule has 3 heteroatoms. The lowest BCUT2D eigenvalue weighted by atomic mass is 10.1. The van der Waals surface area contributed by atoms with E-state index in [1.807, 2.05) is 85.8 Å². The van der Waals surface area contributed by atoms with Gasteiger partial charge in [0.05, 0.1) is 6.42 Å². The molecular formula is C21H19NO2. The van der Waals surface area contributed by atoms with Gasteiger partial charge in [-0.25, -0.2) is 0 Å². The molecule has 1 N–H and O–H groups in total. The molecule has 0 radical (unpaired) electrons. The number of rotatable bonds is 5. The van der Waals surface area contributed by atoms with Crippen LogP contribution in [0.4, 0.5) is 5.69 Å². The fourth-order valence-electron chi connectivity index (χ4n) is 2.44. The molecule has 3 rings (SSSR count). The van der Waals surface area contributed by atoms with E-state index < -0.39 is 0 Å². The van der Waals surface area contributed by atoms with Crippen molar-refractivity contribution < 1.29 is 9.53 Å². The molecule has 24 heavy (non-hydrogen) atoms. The molecule has 3 aromatic rings. The fraction of sp³-hybridized carbons (Fsp3) is 0.0952. The van der Waals surface area contributed by atoms with E-state index in [0.29, 0.717) is 6.42 Å². The number of nitrogens with one attached hydrogen (secondary N) is 1. The number of aryl methyl sites for hydroxylation is 1. The van der Waals surface area contributed by atoms with Crippen molar-refractivity contribution in [2.45, 2.75) is 13.3 Å². The third-order valence-corrected chi connectivity index (χ3v) is 3.64. The van der Waals surface area contributed by atoms with Crippen LogP contribution in [0.5, 0.6) is 11.5 Å². The Kier molecular flexibility index (Phi) is 4.92. The lowest BCUT2D eigenvalue weighted by Crippen LogP contribution is -2.14. The molecule has 3 nitrogen and oxygen atoms in total. The molecule has 0 bridgehead atoms. The first-order valence-corrected chi connectivity index (χ1v) is 7.88. The summed E-state index contributed by atoms with van der Waals surface area (Å²) in [7, 11) is 0. The van der Waals surface area contributed by atoms with Gasteiger partial charge in [-0.2, -0.15) is 0 Å². The number of ether oxygens (including phenoxy) is 1. The minimum atomic E-state index is -0.0303. The second-order valence-corrected chi connectivity index (χ2v) is 5.61. The van der Waals surface area contributed by atoms with Gasteiger partial charge >= 0.3 is 0 Å². The molecule has 0 saturated carbocycles. The summed E-state index contributed by atoms with van der Waals surface area (Å²) in [5.74, 6) is 1.54. The number of carbonyl (C=O) groups is 1. The number of hydrogen-bond donors (Lipinski definition) is 1. The summed E-state index contributed by atoms with van der Waals surface area (Å²) in [4.78, 5) is 12.1. The smallest absolute Gasteiger partial charge is 0.228 e. The number of anilines is 1. The Labute approximate surface area is 141 Å². The molecule has 0 atom stereocenters. The molecule has 0 aromatic heterocycles. The van der Waals surface area contributed by atoms with Crippen LogP contribution < -0.4 is 10.1 Å². The Bertz CT molecular complexity index is 814. The molecule has 0 unspecified atom stereocenters. The second kappa shape index (κ2) is 7.47. The van der Waals surface area contributed by atoms with Crippen LogP contribution in [0.15, 0.2) is 78.9 Å². The number of carbonyl (C=O) groups excluding carboxylic acids is 1. The van der Waals surface area contributed by atoms with Crippen LogP contribution in [0.3, 0.4) is 0 Å². The largest absolute Gasteiger partial charge is 0.457 e. The quantitative estimate of drug-likeness (QED) is 0.721. The average molecular weight is 317 g/mol. The van der Waals surface area contributed by atoms with E-state index in [1.165, 1.54) is 0 Å². The Hall–Kier alpha value is -3.07. The van der Waals surface area contributed by atoms with Gasteiger partial charge in [0.1, 0.15) is 11.5 Å². The van der Waals surface area contributed by atoms with E-state index in [4.69, 9.17) is 4.74 Å². The maximum atomic E-state index is 12.1. The maximum Gasteiger partial charge on any atom is 0.228 e. The minimum Gasteiger partial charge on any atom is -0.457 e. The van der Waals surface area contributed by atoms with Gasteiger partial charge in [0.25, 0.3) is 0 Å². The van der Waals surface area contributed by atoms with Crippen molar-refractivity contribution in [2.24, 2.45) is 0 Å². The summed E-state index contributed by atoms with van der Waals surface area (Å²) in [6, 6.07) is 25.0. The molecule has 0 saturated heterocycles. The van der Waals surface area contributed by atoms with Crippen LogP contribution in [0.25, 0.3) is 0 Å². The number of benzene rings is 3. The molecule has 0 heterocycles. The Balaban J connectivity index is 1.65. The summed E-state index contributed by atoms with van der Waals surface area (Å²) in [5, 5.41) is 2.93. The van der Waals surface area contributed by atoms with E-state index in [-0.39, 0.29) is 5.91 Å². The zero-order valence-corrected chi connectivity index (χ0v) is 13.5. The zero-order chi connectivity index (χ0) is 16.8. The van der Waals surface area contributed by atoms with Crippen molar-refractivity contribution in [1.82, 2.24) is 0 Å². The van der Waals surface area contributed by atoms with E-state index in [0.717, 1.165) is 28.3 Å². The molecule has 0 aliphatic heterocycles. The number of amides is 1. The molecule has 3 aromatic carbocycles. The van der Waals surface area contributed by atoms with Crippen LogP contribution in [0.2, 0.25) is 0 Å². The van der Waals surface area contributed by atoms with E-state index in [1.54, 1.807) is 0 Å². The van der Waals surface area contributed by atoms with Gasteiger partial charge in [-0.1, -0.05) is 48.5 Å². The Morgan fingerprint density at radius 2 is 1.58 bits per heavy atom. The van der Waals surface area contributed by atoms with Crippen LogP contribution in [0, 0.1) is 6.92 Å². The van der Waals surface area contributed by atoms with Crippen LogP contribution in [0.1, 0.15) is 11.1 Å². The van der Waals surface area contributed by atoms with Crippen molar-refractivity contribution in [1.29, 1.82) is 0 Å². The molecule has 1 amide bonds. The SMILES string of the molecule is Cc1cc(NC(=O)Cc2ccccc2)ccc1Oc1ccccc1. The maximum absolute atomic E-state index is 12.1. The van der Waals surface area contributed by atoms with Crippen LogP contribution in [-0.2, 0) is 11.2 Å². The summed E-state index contributed by atoms with van der Waals surface area (Å²) < 4.78 is 5.85. The fourth-order valence-corrected chi connectivity index (χ4v) is 2.44. The third kappa shape index (κ3) is 4.23. The number of hydrogen-bond acceptors (Lipinski definition) is 2. The average Bonchev–Trinajstić information content (AvgIpc) is 2.59. The van der Waals surface area contributed by atoms with E-state index >= 15 is 0 Å².